The molecule has 6 heteroatoms. The topological polar surface area (TPSA) is 62.2 Å². The summed E-state index contributed by atoms with van der Waals surface area (Å²) in [6, 6.07) is 0. The molecule has 0 atom stereocenters. The van der Waals surface area contributed by atoms with Gasteiger partial charge < -0.3 is 14.6 Å². The van der Waals surface area contributed by atoms with Crippen LogP contribution in [0.3, 0.4) is 0 Å². The van der Waals surface area contributed by atoms with Crippen LogP contribution in [0.15, 0.2) is 5.38 Å². The van der Waals surface area contributed by atoms with Gasteiger partial charge in [-0.25, -0.2) is 4.98 Å². The van der Waals surface area contributed by atoms with Crippen LogP contribution < -0.4 is 24.0 Å². The Morgan fingerprint density at radius 2 is 2.46 bits per heavy atom. The predicted octanol–water partition coefficient (Wildman–Crippen LogP) is -3.41. The van der Waals surface area contributed by atoms with Gasteiger partial charge in [0.05, 0.1) is 12.3 Å². The third-order valence-electron chi connectivity index (χ3n) is 1.19. The number of carbonyl (C=O) groups is 1. The number of nitrogens with zero attached hydrogens (tertiary/aromatic N) is 1. The number of hydrogen-bond donors (Lipinski definition) is 0. The molecule has 0 aliphatic rings. The van der Waals surface area contributed by atoms with E-state index in [0.717, 1.165) is 5.01 Å². The minimum absolute atomic E-state index is 0. The van der Waals surface area contributed by atoms with Crippen LogP contribution in [0, 0.1) is 0 Å². The second kappa shape index (κ2) is 6.16. The number of hydrogen-bond acceptors (Lipinski definition) is 5. The van der Waals surface area contributed by atoms with Gasteiger partial charge in [-0.15, -0.1) is 11.3 Å². The Labute approximate surface area is 92.1 Å². The molecule has 0 aromatic carbocycles. The minimum Gasteiger partial charge on any atom is -0.550 e. The molecule has 0 saturated heterocycles. The van der Waals surface area contributed by atoms with Gasteiger partial charge in [0.15, 0.2) is 0 Å². The summed E-state index contributed by atoms with van der Waals surface area (Å²) >= 11 is 1.39. The molecule has 13 heavy (non-hydrogen) atoms. The van der Waals surface area contributed by atoms with E-state index in [1.807, 2.05) is 0 Å². The van der Waals surface area contributed by atoms with Crippen LogP contribution in [0.5, 0.6) is 0 Å². The first-order valence-corrected chi connectivity index (χ1v) is 4.22. The Balaban J connectivity index is 0.00000144. The van der Waals surface area contributed by atoms with Crippen LogP contribution in [0.2, 0.25) is 0 Å². The van der Waals surface area contributed by atoms with E-state index in [1.165, 1.54) is 11.3 Å². The molecule has 0 fully saturated rings. The molecule has 0 saturated carbocycles. The molecule has 1 heterocycles. The smallest absolute Gasteiger partial charge is 0.550 e. The Morgan fingerprint density at radius 1 is 1.77 bits per heavy atom. The fraction of sp³-hybridized carbons (Fsp3) is 0.429. The normalized spacial score (nSPS) is 9.31. The summed E-state index contributed by atoms with van der Waals surface area (Å²) in [5.74, 6) is -1.11. The molecule has 0 spiro atoms. The molecule has 0 aliphatic carbocycles. The number of carboxylic acids is 1. The van der Waals surface area contributed by atoms with Gasteiger partial charge in [-0.2, -0.15) is 0 Å². The van der Waals surface area contributed by atoms with Crippen molar-refractivity contribution in [1.29, 1.82) is 0 Å². The van der Waals surface area contributed by atoms with E-state index in [4.69, 9.17) is 4.74 Å². The van der Waals surface area contributed by atoms with Gasteiger partial charge in [0.2, 0.25) is 0 Å². The SMILES string of the molecule is COCc1nc(CC(=O)[O-])cs1.[Li+]. The van der Waals surface area contributed by atoms with Crippen molar-refractivity contribution in [3.05, 3.63) is 16.1 Å². The third kappa shape index (κ3) is 4.43. The first-order chi connectivity index (χ1) is 5.72. The molecule has 1 aromatic rings. The standard InChI is InChI=1S/C7H9NO3S.Li/c1-11-3-6-8-5(4-12-6)2-7(9)10;/h4H,2-3H2,1H3,(H,9,10);/q;+1/p-1. The molecular formula is C7H8LiNO3S. The number of carbonyl (C=O) groups excluding carboxylic acids is 1. The van der Waals surface area contributed by atoms with Crippen molar-refractivity contribution in [2.45, 2.75) is 13.0 Å². The zero-order valence-corrected chi connectivity index (χ0v) is 8.39. The van der Waals surface area contributed by atoms with Gasteiger partial charge in [-0.3, -0.25) is 0 Å². The summed E-state index contributed by atoms with van der Waals surface area (Å²) in [6.45, 7) is 0.428. The summed E-state index contributed by atoms with van der Waals surface area (Å²) in [5, 5.41) is 12.6. The Hall–Kier alpha value is -0.343. The molecule has 1 aromatic heterocycles. The quantitative estimate of drug-likeness (QED) is 0.467. The van der Waals surface area contributed by atoms with Crippen molar-refractivity contribution in [2.75, 3.05) is 7.11 Å². The average Bonchev–Trinajstić information content (AvgIpc) is 2.36. The maximum absolute atomic E-state index is 10.2. The number of rotatable bonds is 4. The number of methoxy groups -OCH3 is 1. The van der Waals surface area contributed by atoms with Crippen LogP contribution in [-0.2, 0) is 22.6 Å². The Kier molecular flexibility index (Phi) is 6.00. The number of carboxylic acid groups (broad SMARTS) is 1. The Morgan fingerprint density at radius 3 is 3.00 bits per heavy atom. The van der Waals surface area contributed by atoms with Gasteiger partial charge in [0.1, 0.15) is 5.01 Å². The molecule has 0 aliphatic heterocycles. The summed E-state index contributed by atoms with van der Waals surface area (Å²) in [6.07, 6.45) is -0.125. The average molecular weight is 193 g/mol. The van der Waals surface area contributed by atoms with Gasteiger partial charge in [-0.1, -0.05) is 0 Å². The molecule has 0 amide bonds. The van der Waals surface area contributed by atoms with Crippen LogP contribution in [0.25, 0.3) is 0 Å². The number of thiazole rings is 1. The number of ether oxygens (including phenoxy) is 1. The van der Waals surface area contributed by atoms with Gasteiger partial charge in [-0.05, 0) is 0 Å². The van der Waals surface area contributed by atoms with Gasteiger partial charge in [0, 0.05) is 24.9 Å². The largest absolute Gasteiger partial charge is 1.00 e. The number of aliphatic carboxylic acids is 1. The van der Waals surface area contributed by atoms with E-state index in [9.17, 15) is 9.90 Å². The van der Waals surface area contributed by atoms with Crippen molar-refractivity contribution in [3.8, 4) is 0 Å². The van der Waals surface area contributed by atoms with E-state index in [2.05, 4.69) is 4.98 Å². The molecule has 0 bridgehead atoms. The van der Waals surface area contributed by atoms with Crippen molar-refractivity contribution < 1.29 is 33.5 Å². The minimum atomic E-state index is -1.11. The maximum Gasteiger partial charge on any atom is 1.00 e. The zero-order valence-electron chi connectivity index (χ0n) is 7.57. The predicted molar refractivity (Wildman–Crippen MR) is 41.5 cm³/mol. The molecule has 1 rings (SSSR count). The van der Waals surface area contributed by atoms with Crippen molar-refractivity contribution in [3.63, 3.8) is 0 Å². The van der Waals surface area contributed by atoms with Gasteiger partial charge >= 0.3 is 18.9 Å². The van der Waals surface area contributed by atoms with Crippen LogP contribution in [-0.4, -0.2) is 18.1 Å². The second-order valence-corrected chi connectivity index (χ2v) is 3.16. The van der Waals surface area contributed by atoms with E-state index < -0.39 is 5.97 Å². The molecule has 4 nitrogen and oxygen atoms in total. The molecule has 0 unspecified atom stereocenters. The fourth-order valence-corrected chi connectivity index (χ4v) is 1.53. The Bertz CT molecular complexity index is 276. The van der Waals surface area contributed by atoms with Crippen LogP contribution >= 0.6 is 11.3 Å². The fourth-order valence-electron chi connectivity index (χ4n) is 0.768. The molecular weight excluding hydrogens is 185 g/mol. The number of aromatic nitrogens is 1. The van der Waals surface area contributed by atoms with E-state index >= 15 is 0 Å². The van der Waals surface area contributed by atoms with Crippen LogP contribution in [0.4, 0.5) is 0 Å². The zero-order chi connectivity index (χ0) is 8.97. The van der Waals surface area contributed by atoms with Crippen molar-refractivity contribution >= 4 is 17.3 Å². The molecule has 66 valence electrons. The summed E-state index contributed by atoms with van der Waals surface area (Å²) in [7, 11) is 1.57. The van der Waals surface area contributed by atoms with E-state index in [0.29, 0.717) is 12.3 Å². The van der Waals surface area contributed by atoms with E-state index in [-0.39, 0.29) is 25.3 Å². The van der Waals surface area contributed by atoms with Crippen LogP contribution in [0.1, 0.15) is 10.7 Å². The maximum atomic E-state index is 10.2. The summed E-state index contributed by atoms with van der Waals surface area (Å²) in [4.78, 5) is 14.2. The third-order valence-corrected chi connectivity index (χ3v) is 2.06. The molecule has 0 radical (unpaired) electrons. The van der Waals surface area contributed by atoms with Gasteiger partial charge in [0.25, 0.3) is 0 Å². The summed E-state index contributed by atoms with van der Waals surface area (Å²) < 4.78 is 4.83. The monoisotopic (exact) mass is 193 g/mol. The summed E-state index contributed by atoms with van der Waals surface area (Å²) in [5.41, 5.74) is 0.534. The first-order valence-electron chi connectivity index (χ1n) is 3.34. The van der Waals surface area contributed by atoms with Crippen molar-refractivity contribution in [2.24, 2.45) is 0 Å². The first kappa shape index (κ1) is 12.7. The second-order valence-electron chi connectivity index (χ2n) is 2.21. The van der Waals surface area contributed by atoms with E-state index in [1.54, 1.807) is 12.5 Å². The molecule has 0 N–H and O–H groups in total. The van der Waals surface area contributed by atoms with Crippen molar-refractivity contribution in [1.82, 2.24) is 4.98 Å².